The van der Waals surface area contributed by atoms with Gasteiger partial charge in [0.2, 0.25) is 0 Å². The second-order valence-electron chi connectivity index (χ2n) is 3.45. The van der Waals surface area contributed by atoms with E-state index in [2.05, 4.69) is 54.9 Å². The lowest BCUT2D eigenvalue weighted by Gasteiger charge is -2.07. The van der Waals surface area contributed by atoms with Crippen LogP contribution in [0.4, 0.5) is 0 Å². The summed E-state index contributed by atoms with van der Waals surface area (Å²) in [5.74, 6) is 1.10. The summed E-state index contributed by atoms with van der Waals surface area (Å²) in [4.78, 5) is 0. The zero-order chi connectivity index (χ0) is 9.84. The van der Waals surface area contributed by atoms with E-state index < -0.39 is 0 Å². The summed E-state index contributed by atoms with van der Waals surface area (Å²) in [6, 6.07) is 6.55. The fourth-order valence-corrected chi connectivity index (χ4v) is 2.61. The molecule has 0 radical (unpaired) electrons. The number of aryl methyl sites for hydroxylation is 1. The van der Waals surface area contributed by atoms with E-state index >= 15 is 0 Å². The molecule has 13 heavy (non-hydrogen) atoms. The summed E-state index contributed by atoms with van der Waals surface area (Å²) >= 11 is 5.56. The first kappa shape index (κ1) is 11.1. The molecule has 0 bridgehead atoms. The Morgan fingerprint density at radius 1 is 1.38 bits per heavy atom. The quantitative estimate of drug-likeness (QED) is 0.775. The second kappa shape index (κ2) is 5.06. The average molecular weight is 259 g/mol. The number of benzene rings is 1. The molecule has 1 aromatic carbocycles. The van der Waals surface area contributed by atoms with Crippen molar-refractivity contribution < 1.29 is 0 Å². The van der Waals surface area contributed by atoms with Gasteiger partial charge in [0, 0.05) is 10.2 Å². The van der Waals surface area contributed by atoms with E-state index in [9.17, 15) is 0 Å². The van der Waals surface area contributed by atoms with Crippen molar-refractivity contribution in [2.75, 3.05) is 0 Å². The van der Waals surface area contributed by atoms with Gasteiger partial charge in [-0.3, -0.25) is 0 Å². The zero-order valence-corrected chi connectivity index (χ0v) is 10.7. The smallest absolute Gasteiger partial charge is 0.0218 e. The van der Waals surface area contributed by atoms with E-state index in [1.165, 1.54) is 15.6 Å². The van der Waals surface area contributed by atoms with Crippen LogP contribution < -0.4 is 0 Å². The van der Waals surface area contributed by atoms with Crippen molar-refractivity contribution in [1.29, 1.82) is 0 Å². The first-order valence-corrected chi connectivity index (χ1v) is 6.30. The predicted octanol–water partition coefficient (Wildman–Crippen LogP) is 4.40. The Labute approximate surface area is 93.2 Å². The Bertz CT molecular complexity index is 281. The minimum atomic E-state index is 0.702. The van der Waals surface area contributed by atoms with E-state index in [0.29, 0.717) is 5.25 Å². The summed E-state index contributed by atoms with van der Waals surface area (Å²) in [5.41, 5.74) is 2.70. The molecule has 72 valence electrons. The minimum Gasteiger partial charge on any atom is -0.154 e. The highest BCUT2D eigenvalue weighted by Crippen LogP contribution is 2.24. The van der Waals surface area contributed by atoms with Crippen molar-refractivity contribution in [3.63, 3.8) is 0 Å². The Kier molecular flexibility index (Phi) is 4.33. The van der Waals surface area contributed by atoms with Crippen LogP contribution in [0.1, 0.15) is 25.0 Å². The highest BCUT2D eigenvalue weighted by Gasteiger charge is 2.01. The third kappa shape index (κ3) is 3.74. The number of thioether (sulfide) groups is 1. The molecule has 0 aliphatic rings. The summed E-state index contributed by atoms with van der Waals surface area (Å²) in [6.45, 7) is 6.57. The highest BCUT2D eigenvalue weighted by molar-refractivity contribution is 9.10. The lowest BCUT2D eigenvalue weighted by molar-refractivity contribution is 1.11. The first-order valence-electron chi connectivity index (χ1n) is 4.46. The zero-order valence-electron chi connectivity index (χ0n) is 8.30. The van der Waals surface area contributed by atoms with E-state index in [4.69, 9.17) is 0 Å². The molecular weight excluding hydrogens is 244 g/mol. The molecule has 0 unspecified atom stereocenters. The molecule has 0 heterocycles. The summed E-state index contributed by atoms with van der Waals surface area (Å²) < 4.78 is 1.24. The second-order valence-corrected chi connectivity index (χ2v) is 5.87. The number of halogens is 1. The van der Waals surface area contributed by atoms with Crippen LogP contribution in [-0.4, -0.2) is 5.25 Å². The molecule has 0 spiro atoms. The molecule has 0 fully saturated rings. The molecule has 0 aromatic heterocycles. The fraction of sp³-hybridized carbons (Fsp3) is 0.455. The van der Waals surface area contributed by atoms with Gasteiger partial charge in [0.15, 0.2) is 0 Å². The Morgan fingerprint density at radius 3 is 2.62 bits per heavy atom. The molecule has 0 N–H and O–H groups in total. The van der Waals surface area contributed by atoms with E-state index in [0.717, 1.165) is 5.75 Å². The standard InChI is InChI=1S/C11H15BrS/c1-8(2)13-7-10-5-4-9(3)6-11(10)12/h4-6,8H,7H2,1-3H3. The molecule has 0 aliphatic heterocycles. The maximum atomic E-state index is 3.58. The van der Waals surface area contributed by atoms with Crippen molar-refractivity contribution in [2.45, 2.75) is 31.8 Å². The van der Waals surface area contributed by atoms with Gasteiger partial charge in [0.05, 0.1) is 0 Å². The number of hydrogen-bond acceptors (Lipinski definition) is 1. The normalized spacial score (nSPS) is 10.8. The molecule has 0 atom stereocenters. The highest BCUT2D eigenvalue weighted by atomic mass is 79.9. The van der Waals surface area contributed by atoms with Gasteiger partial charge < -0.3 is 0 Å². The first-order chi connectivity index (χ1) is 6.09. The number of hydrogen-bond donors (Lipinski definition) is 0. The van der Waals surface area contributed by atoms with Crippen LogP contribution in [0.15, 0.2) is 22.7 Å². The van der Waals surface area contributed by atoms with E-state index in [1.807, 2.05) is 11.8 Å². The van der Waals surface area contributed by atoms with E-state index in [1.54, 1.807) is 0 Å². The van der Waals surface area contributed by atoms with Crippen molar-refractivity contribution >= 4 is 27.7 Å². The van der Waals surface area contributed by atoms with Gasteiger partial charge in [-0.2, -0.15) is 11.8 Å². The minimum absolute atomic E-state index is 0.702. The van der Waals surface area contributed by atoms with Gasteiger partial charge in [-0.05, 0) is 29.4 Å². The van der Waals surface area contributed by atoms with Gasteiger partial charge in [-0.1, -0.05) is 41.9 Å². The molecule has 1 aromatic rings. The largest absolute Gasteiger partial charge is 0.154 e. The number of rotatable bonds is 3. The lowest BCUT2D eigenvalue weighted by atomic mass is 10.2. The SMILES string of the molecule is Cc1ccc(CSC(C)C)c(Br)c1. The molecule has 0 saturated heterocycles. The van der Waals surface area contributed by atoms with Crippen LogP contribution in [0, 0.1) is 6.92 Å². The maximum absolute atomic E-state index is 3.58. The van der Waals surface area contributed by atoms with Crippen LogP contribution in [0.3, 0.4) is 0 Å². The van der Waals surface area contributed by atoms with Crippen LogP contribution >= 0.6 is 27.7 Å². The monoisotopic (exact) mass is 258 g/mol. The van der Waals surface area contributed by atoms with Crippen LogP contribution in [0.5, 0.6) is 0 Å². The third-order valence-corrected chi connectivity index (χ3v) is 3.66. The van der Waals surface area contributed by atoms with Gasteiger partial charge in [-0.25, -0.2) is 0 Å². The van der Waals surface area contributed by atoms with Crippen LogP contribution in [-0.2, 0) is 5.75 Å². The van der Waals surface area contributed by atoms with Gasteiger partial charge in [0.1, 0.15) is 0 Å². The topological polar surface area (TPSA) is 0 Å². The van der Waals surface area contributed by atoms with Crippen LogP contribution in [0.25, 0.3) is 0 Å². The Morgan fingerprint density at radius 2 is 2.08 bits per heavy atom. The van der Waals surface area contributed by atoms with E-state index in [-0.39, 0.29) is 0 Å². The Balaban J connectivity index is 2.67. The summed E-state index contributed by atoms with van der Waals surface area (Å²) in [5, 5.41) is 0.702. The van der Waals surface area contributed by atoms with Gasteiger partial charge in [-0.15, -0.1) is 0 Å². The molecule has 2 heteroatoms. The molecule has 0 nitrogen and oxygen atoms in total. The van der Waals surface area contributed by atoms with Crippen molar-refractivity contribution in [1.82, 2.24) is 0 Å². The maximum Gasteiger partial charge on any atom is 0.0218 e. The molecule has 0 aliphatic carbocycles. The molecule has 0 saturated carbocycles. The van der Waals surface area contributed by atoms with Gasteiger partial charge >= 0.3 is 0 Å². The fourth-order valence-electron chi connectivity index (χ4n) is 1.03. The molecular formula is C11H15BrS. The molecule has 0 amide bonds. The summed E-state index contributed by atoms with van der Waals surface area (Å²) in [7, 11) is 0. The molecule has 1 rings (SSSR count). The summed E-state index contributed by atoms with van der Waals surface area (Å²) in [6.07, 6.45) is 0. The van der Waals surface area contributed by atoms with Crippen molar-refractivity contribution in [2.24, 2.45) is 0 Å². The van der Waals surface area contributed by atoms with Crippen molar-refractivity contribution in [3.05, 3.63) is 33.8 Å². The predicted molar refractivity (Wildman–Crippen MR) is 65.3 cm³/mol. The lowest BCUT2D eigenvalue weighted by Crippen LogP contribution is -1.90. The third-order valence-electron chi connectivity index (χ3n) is 1.78. The Hall–Kier alpha value is 0.0500. The van der Waals surface area contributed by atoms with Crippen molar-refractivity contribution in [3.8, 4) is 0 Å². The van der Waals surface area contributed by atoms with Gasteiger partial charge in [0.25, 0.3) is 0 Å². The average Bonchev–Trinajstić information content (AvgIpc) is 2.02. The van der Waals surface area contributed by atoms with Crippen LogP contribution in [0.2, 0.25) is 0 Å².